The molecule has 5 nitrogen and oxygen atoms in total. The van der Waals surface area contributed by atoms with Crippen LogP contribution in [0.1, 0.15) is 30.8 Å². The monoisotopic (exact) mass is 402 g/mol. The Morgan fingerprint density at radius 3 is 3.00 bits per heavy atom. The number of halogens is 1. The molecular formula is C17H15BrN4OS. The second-order valence-electron chi connectivity index (χ2n) is 5.98. The molecule has 24 heavy (non-hydrogen) atoms. The molecule has 0 radical (unpaired) electrons. The number of nitrogens with one attached hydrogen (secondary N) is 1. The third kappa shape index (κ3) is 3.01. The smallest absolute Gasteiger partial charge is 0.216 e. The van der Waals surface area contributed by atoms with Crippen molar-refractivity contribution in [3.63, 3.8) is 0 Å². The molecule has 0 spiro atoms. The first-order chi connectivity index (χ1) is 11.6. The predicted molar refractivity (Wildman–Crippen MR) is 98.8 cm³/mol. The Hall–Kier alpha value is -1.99. The van der Waals surface area contributed by atoms with Crippen LogP contribution in [0.15, 0.2) is 50.4 Å². The summed E-state index contributed by atoms with van der Waals surface area (Å²) in [5.41, 5.74) is 0.917. The highest BCUT2D eigenvalue weighted by Crippen LogP contribution is 2.47. The first-order valence-electron chi connectivity index (χ1n) is 7.69. The molecule has 0 amide bonds. The van der Waals surface area contributed by atoms with Gasteiger partial charge in [0.2, 0.25) is 4.77 Å². The Bertz CT molecular complexity index is 971. The molecular weight excluding hydrogens is 388 g/mol. The molecule has 2 atom stereocenters. The first kappa shape index (κ1) is 15.5. The average molecular weight is 403 g/mol. The lowest BCUT2D eigenvalue weighted by atomic mass is 10.2. The van der Waals surface area contributed by atoms with E-state index >= 15 is 0 Å². The van der Waals surface area contributed by atoms with E-state index in [2.05, 4.69) is 38.2 Å². The van der Waals surface area contributed by atoms with Crippen LogP contribution in [0.2, 0.25) is 0 Å². The maximum Gasteiger partial charge on any atom is 0.216 e. The topological polar surface area (TPSA) is 59.1 Å². The maximum absolute atomic E-state index is 5.85. The lowest BCUT2D eigenvalue weighted by Gasteiger charge is -2.01. The van der Waals surface area contributed by atoms with Crippen molar-refractivity contribution in [2.75, 3.05) is 0 Å². The highest BCUT2D eigenvalue weighted by atomic mass is 79.9. The van der Waals surface area contributed by atoms with Crippen LogP contribution in [-0.2, 0) is 0 Å². The van der Waals surface area contributed by atoms with Gasteiger partial charge in [-0.1, -0.05) is 35.0 Å². The van der Waals surface area contributed by atoms with Crippen LogP contribution in [-0.4, -0.2) is 21.1 Å². The number of rotatable bonds is 4. The van der Waals surface area contributed by atoms with Gasteiger partial charge in [-0.05, 0) is 48.8 Å². The van der Waals surface area contributed by atoms with Crippen molar-refractivity contribution in [2.24, 2.45) is 11.0 Å². The van der Waals surface area contributed by atoms with Gasteiger partial charge in [-0.3, -0.25) is 0 Å². The number of hydrogen-bond donors (Lipinski definition) is 1. The van der Waals surface area contributed by atoms with Gasteiger partial charge in [0, 0.05) is 16.0 Å². The largest absolute Gasteiger partial charge is 0.460 e. The van der Waals surface area contributed by atoms with E-state index in [4.69, 9.17) is 16.6 Å². The number of hydrogen-bond acceptors (Lipinski definition) is 4. The summed E-state index contributed by atoms with van der Waals surface area (Å²) in [7, 11) is 0. The van der Waals surface area contributed by atoms with Gasteiger partial charge in [0.05, 0.1) is 6.21 Å². The van der Waals surface area contributed by atoms with Crippen molar-refractivity contribution in [3.8, 4) is 11.4 Å². The minimum atomic E-state index is 0.434. The van der Waals surface area contributed by atoms with E-state index in [1.54, 1.807) is 10.9 Å². The molecule has 1 fully saturated rings. The quantitative estimate of drug-likeness (QED) is 0.494. The number of aromatic amines is 1. The molecule has 2 heterocycles. The Morgan fingerprint density at radius 2 is 2.25 bits per heavy atom. The standard InChI is InChI=1S/C17H15BrN4OS/c1-10-7-14(10)15-6-5-13(23-15)9-19-22-16(20-21-17(22)24)11-3-2-4-12(18)8-11/h2-6,8-10,14H,7H2,1H3,(H,21,24)/b19-9-/t10-,14-/m1/s1. The lowest BCUT2D eigenvalue weighted by molar-refractivity contribution is 0.500. The summed E-state index contributed by atoms with van der Waals surface area (Å²) < 4.78 is 8.85. The minimum Gasteiger partial charge on any atom is -0.460 e. The van der Waals surface area contributed by atoms with E-state index in [1.807, 2.05) is 36.4 Å². The van der Waals surface area contributed by atoms with Crippen LogP contribution in [0, 0.1) is 10.7 Å². The molecule has 1 aromatic carbocycles. The fourth-order valence-electron chi connectivity index (χ4n) is 2.68. The Labute approximate surface area is 152 Å². The van der Waals surface area contributed by atoms with Crippen molar-refractivity contribution in [1.82, 2.24) is 14.9 Å². The van der Waals surface area contributed by atoms with Crippen molar-refractivity contribution >= 4 is 34.4 Å². The Kier molecular flexibility index (Phi) is 3.97. The van der Waals surface area contributed by atoms with E-state index in [-0.39, 0.29) is 0 Å². The fraction of sp³-hybridized carbons (Fsp3) is 0.235. The molecule has 0 unspecified atom stereocenters. The van der Waals surface area contributed by atoms with Crippen molar-refractivity contribution in [2.45, 2.75) is 19.3 Å². The summed E-state index contributed by atoms with van der Waals surface area (Å²) in [5, 5.41) is 11.5. The number of benzene rings is 1. The predicted octanol–water partition coefficient (Wildman–Crippen LogP) is 4.97. The second-order valence-corrected chi connectivity index (χ2v) is 7.28. The van der Waals surface area contributed by atoms with Crippen LogP contribution in [0.3, 0.4) is 0 Å². The first-order valence-corrected chi connectivity index (χ1v) is 8.89. The number of furan rings is 1. The van der Waals surface area contributed by atoms with Gasteiger partial charge >= 0.3 is 0 Å². The van der Waals surface area contributed by atoms with Crippen molar-refractivity contribution < 1.29 is 4.42 Å². The van der Waals surface area contributed by atoms with Crippen molar-refractivity contribution in [3.05, 3.63) is 57.2 Å². The molecule has 4 rings (SSSR count). The summed E-state index contributed by atoms with van der Waals surface area (Å²) in [6, 6.07) is 11.8. The normalized spacial score (nSPS) is 19.9. The molecule has 7 heteroatoms. The highest BCUT2D eigenvalue weighted by molar-refractivity contribution is 9.10. The van der Waals surface area contributed by atoms with Crippen LogP contribution in [0.5, 0.6) is 0 Å². The maximum atomic E-state index is 5.85. The summed E-state index contributed by atoms with van der Waals surface area (Å²) in [5.74, 6) is 3.67. The number of H-pyrrole nitrogens is 1. The third-order valence-electron chi connectivity index (χ3n) is 4.16. The zero-order valence-electron chi connectivity index (χ0n) is 12.9. The SMILES string of the molecule is C[C@@H]1C[C@H]1c1ccc(/C=N\n2c(-c3cccc(Br)c3)n[nH]c2=S)o1. The second kappa shape index (κ2) is 6.14. The van der Waals surface area contributed by atoms with Gasteiger partial charge in [0.1, 0.15) is 11.5 Å². The summed E-state index contributed by atoms with van der Waals surface area (Å²) in [4.78, 5) is 0. The molecule has 0 saturated heterocycles. The van der Waals surface area contributed by atoms with Crippen LogP contribution in [0.25, 0.3) is 11.4 Å². The molecule has 122 valence electrons. The number of nitrogens with zero attached hydrogens (tertiary/aromatic N) is 3. The molecule has 1 aliphatic carbocycles. The van der Waals surface area contributed by atoms with Gasteiger partial charge in [-0.2, -0.15) is 14.9 Å². The van der Waals surface area contributed by atoms with Crippen LogP contribution < -0.4 is 0 Å². The molecule has 1 N–H and O–H groups in total. The van der Waals surface area contributed by atoms with Gasteiger partial charge in [-0.15, -0.1) is 0 Å². The van der Waals surface area contributed by atoms with E-state index in [1.165, 1.54) is 6.42 Å². The fourth-order valence-corrected chi connectivity index (χ4v) is 3.26. The van der Waals surface area contributed by atoms with Gasteiger partial charge < -0.3 is 4.42 Å². The van der Waals surface area contributed by atoms with Crippen LogP contribution in [0.4, 0.5) is 0 Å². The summed E-state index contributed by atoms with van der Waals surface area (Å²) in [6.07, 6.45) is 2.87. The number of aromatic nitrogens is 3. The zero-order chi connectivity index (χ0) is 16.7. The Balaban J connectivity index is 1.64. The van der Waals surface area contributed by atoms with E-state index in [0.29, 0.717) is 28.2 Å². The summed E-state index contributed by atoms with van der Waals surface area (Å²) >= 11 is 8.75. The van der Waals surface area contributed by atoms with E-state index < -0.39 is 0 Å². The van der Waals surface area contributed by atoms with Gasteiger partial charge in [-0.25, -0.2) is 5.10 Å². The van der Waals surface area contributed by atoms with Gasteiger partial charge in [0.25, 0.3) is 0 Å². The molecule has 3 aromatic rings. The third-order valence-corrected chi connectivity index (χ3v) is 4.91. The molecule has 2 aromatic heterocycles. The lowest BCUT2D eigenvalue weighted by Crippen LogP contribution is -1.94. The highest BCUT2D eigenvalue weighted by Gasteiger charge is 2.36. The van der Waals surface area contributed by atoms with E-state index in [9.17, 15) is 0 Å². The van der Waals surface area contributed by atoms with Crippen LogP contribution >= 0.6 is 28.1 Å². The Morgan fingerprint density at radius 1 is 1.42 bits per heavy atom. The van der Waals surface area contributed by atoms with Gasteiger partial charge in [0.15, 0.2) is 5.82 Å². The van der Waals surface area contributed by atoms with Crippen molar-refractivity contribution in [1.29, 1.82) is 0 Å². The van der Waals surface area contributed by atoms with E-state index in [0.717, 1.165) is 15.8 Å². The zero-order valence-corrected chi connectivity index (χ0v) is 15.3. The summed E-state index contributed by atoms with van der Waals surface area (Å²) in [6.45, 7) is 2.23. The average Bonchev–Trinajstić information content (AvgIpc) is 2.97. The molecule has 1 saturated carbocycles. The minimum absolute atomic E-state index is 0.434. The molecule has 0 aliphatic heterocycles. The molecule has 1 aliphatic rings. The molecule has 0 bridgehead atoms.